The molecule has 3 aromatic heterocycles. The molecule has 0 bridgehead atoms. The van der Waals surface area contributed by atoms with E-state index in [1.165, 1.54) is 6.07 Å². The van der Waals surface area contributed by atoms with Gasteiger partial charge < -0.3 is 30.5 Å². The maximum atomic E-state index is 12.4. The van der Waals surface area contributed by atoms with E-state index in [9.17, 15) is 20.1 Å². The van der Waals surface area contributed by atoms with Crippen LogP contribution in [0.4, 0.5) is 17.5 Å². The van der Waals surface area contributed by atoms with Gasteiger partial charge in [-0.25, -0.2) is 9.97 Å². The fourth-order valence-electron chi connectivity index (χ4n) is 4.70. The minimum absolute atomic E-state index is 0.0401. The number of pyridine rings is 2. The highest BCUT2D eigenvalue weighted by Crippen LogP contribution is 2.33. The number of hydrogen-bond acceptors (Lipinski definition) is 9. The van der Waals surface area contributed by atoms with Gasteiger partial charge in [0.2, 0.25) is 5.95 Å². The Kier molecular flexibility index (Phi) is 6.88. The zero-order valence-electron chi connectivity index (χ0n) is 20.6. The van der Waals surface area contributed by atoms with Gasteiger partial charge in [-0.1, -0.05) is 24.3 Å². The molecule has 5 N–H and O–H groups in total. The van der Waals surface area contributed by atoms with E-state index in [0.717, 1.165) is 10.9 Å². The zero-order chi connectivity index (χ0) is 26.1. The summed E-state index contributed by atoms with van der Waals surface area (Å²) in [5, 5.41) is 37.8. The SMILES string of the molecule is CC(C)n1ccc(Nc2ncc(-c3ccc4ccccc4n3)c(N[C@@H]3C[C@H](CO)[C@@H](O)[C@H]3O)n2)cc1=O. The van der Waals surface area contributed by atoms with Gasteiger partial charge in [0, 0.05) is 48.1 Å². The van der Waals surface area contributed by atoms with E-state index in [0.29, 0.717) is 29.2 Å². The van der Waals surface area contributed by atoms with Crippen LogP contribution >= 0.6 is 0 Å². The Bertz CT molecular complexity index is 1470. The van der Waals surface area contributed by atoms with Crippen molar-refractivity contribution >= 4 is 28.4 Å². The first-order valence-electron chi connectivity index (χ1n) is 12.3. The summed E-state index contributed by atoms with van der Waals surface area (Å²) in [6, 6.07) is 14.4. The van der Waals surface area contributed by atoms with Crippen LogP contribution in [-0.4, -0.2) is 59.7 Å². The summed E-state index contributed by atoms with van der Waals surface area (Å²) in [5.41, 5.74) is 2.46. The van der Waals surface area contributed by atoms with Gasteiger partial charge in [-0.3, -0.25) is 4.79 Å². The van der Waals surface area contributed by atoms with Gasteiger partial charge in [0.1, 0.15) is 11.9 Å². The molecular formula is C27H30N6O4. The van der Waals surface area contributed by atoms with Crippen LogP contribution in [0.1, 0.15) is 26.3 Å². The van der Waals surface area contributed by atoms with E-state index in [1.807, 2.05) is 50.2 Å². The molecule has 10 heteroatoms. The number of rotatable bonds is 7. The molecule has 0 aliphatic heterocycles. The molecule has 0 saturated heterocycles. The van der Waals surface area contributed by atoms with Crippen LogP contribution < -0.4 is 16.2 Å². The molecule has 10 nitrogen and oxygen atoms in total. The number of aromatic nitrogens is 4. The normalized spacial score (nSPS) is 21.5. The average molecular weight is 503 g/mol. The predicted octanol–water partition coefficient (Wildman–Crippen LogP) is 2.69. The Morgan fingerprint density at radius 1 is 1.08 bits per heavy atom. The molecular weight excluding hydrogens is 472 g/mol. The smallest absolute Gasteiger partial charge is 0.252 e. The van der Waals surface area contributed by atoms with Gasteiger partial charge in [-0.15, -0.1) is 0 Å². The second kappa shape index (κ2) is 10.3. The molecule has 37 heavy (non-hydrogen) atoms. The van der Waals surface area contributed by atoms with Crippen molar-refractivity contribution in [2.45, 2.75) is 44.6 Å². The quantitative estimate of drug-likeness (QED) is 0.257. The third-order valence-corrected chi connectivity index (χ3v) is 6.78. The topological polar surface area (TPSA) is 145 Å². The zero-order valence-corrected chi connectivity index (χ0v) is 20.6. The third-order valence-electron chi connectivity index (χ3n) is 6.78. The lowest BCUT2D eigenvalue weighted by molar-refractivity contribution is 0.00446. The number of hydrogen-bond donors (Lipinski definition) is 5. The molecule has 1 aliphatic carbocycles. The first-order chi connectivity index (χ1) is 17.8. The summed E-state index contributed by atoms with van der Waals surface area (Å²) in [6.45, 7) is 3.64. The number of para-hydroxylation sites is 1. The second-order valence-corrected chi connectivity index (χ2v) is 9.64. The molecule has 1 saturated carbocycles. The van der Waals surface area contributed by atoms with Gasteiger partial charge in [0.15, 0.2) is 0 Å². The van der Waals surface area contributed by atoms with Crippen molar-refractivity contribution in [1.82, 2.24) is 19.5 Å². The molecule has 0 radical (unpaired) electrons. The molecule has 0 amide bonds. The van der Waals surface area contributed by atoms with Gasteiger partial charge >= 0.3 is 0 Å². The Labute approximate surface area is 213 Å². The summed E-state index contributed by atoms with van der Waals surface area (Å²) in [6.07, 6.45) is 1.59. The Morgan fingerprint density at radius 3 is 2.62 bits per heavy atom. The fourth-order valence-corrected chi connectivity index (χ4v) is 4.70. The number of aliphatic hydroxyl groups is 3. The van der Waals surface area contributed by atoms with Crippen LogP contribution in [0.3, 0.4) is 0 Å². The molecule has 0 spiro atoms. The summed E-state index contributed by atoms with van der Waals surface area (Å²) in [4.78, 5) is 26.3. The predicted molar refractivity (Wildman–Crippen MR) is 142 cm³/mol. The van der Waals surface area contributed by atoms with E-state index < -0.39 is 24.2 Å². The van der Waals surface area contributed by atoms with Crippen LogP contribution in [0.5, 0.6) is 0 Å². The van der Waals surface area contributed by atoms with Crippen LogP contribution in [0, 0.1) is 5.92 Å². The second-order valence-electron chi connectivity index (χ2n) is 9.64. The van der Waals surface area contributed by atoms with E-state index in [2.05, 4.69) is 20.6 Å². The molecule has 3 heterocycles. The van der Waals surface area contributed by atoms with Gasteiger partial charge in [-0.2, -0.15) is 4.98 Å². The number of anilines is 3. The van der Waals surface area contributed by atoms with E-state index in [-0.39, 0.29) is 24.2 Å². The molecule has 0 unspecified atom stereocenters. The Balaban J connectivity index is 1.51. The monoisotopic (exact) mass is 502 g/mol. The van der Waals surface area contributed by atoms with Crippen LogP contribution in [0.25, 0.3) is 22.2 Å². The van der Waals surface area contributed by atoms with E-state index in [4.69, 9.17) is 4.98 Å². The number of fused-ring (bicyclic) bond motifs is 1. The van der Waals surface area contributed by atoms with Crippen molar-refractivity contribution in [1.29, 1.82) is 0 Å². The summed E-state index contributed by atoms with van der Waals surface area (Å²) < 4.78 is 1.62. The summed E-state index contributed by atoms with van der Waals surface area (Å²) in [7, 11) is 0. The molecule has 5 rings (SSSR count). The van der Waals surface area contributed by atoms with Gasteiger partial charge in [0.05, 0.1) is 28.9 Å². The van der Waals surface area contributed by atoms with Crippen molar-refractivity contribution < 1.29 is 15.3 Å². The molecule has 1 fully saturated rings. The number of nitrogens with one attached hydrogen (secondary N) is 2. The maximum absolute atomic E-state index is 12.4. The Morgan fingerprint density at radius 2 is 1.89 bits per heavy atom. The van der Waals surface area contributed by atoms with Crippen molar-refractivity contribution in [2.24, 2.45) is 5.92 Å². The molecule has 4 aromatic rings. The minimum Gasteiger partial charge on any atom is -0.396 e. The highest BCUT2D eigenvalue weighted by molar-refractivity contribution is 5.83. The van der Waals surface area contributed by atoms with Crippen molar-refractivity contribution in [3.8, 4) is 11.3 Å². The Hall–Kier alpha value is -3.86. The largest absolute Gasteiger partial charge is 0.396 e. The first-order valence-corrected chi connectivity index (χ1v) is 12.3. The standard InChI is InChI=1S/C27H30N6O4/c1-15(2)33-10-9-18(12-23(33)35)29-27-28-13-19(21-8-7-16-5-3-4-6-20(16)30-21)26(32-27)31-22-11-17(14-34)24(36)25(22)37/h3-10,12-13,15,17,22,24-25,34,36-37H,11,14H2,1-2H3,(H2,28,29,31,32)/t17-,22-,24-,25+/m1/s1. The van der Waals surface area contributed by atoms with Crippen molar-refractivity contribution in [2.75, 3.05) is 17.2 Å². The lowest BCUT2D eigenvalue weighted by atomic mass is 10.1. The van der Waals surface area contributed by atoms with E-state index >= 15 is 0 Å². The highest BCUT2D eigenvalue weighted by atomic mass is 16.3. The van der Waals surface area contributed by atoms with Crippen LogP contribution in [0.2, 0.25) is 0 Å². The molecule has 4 atom stereocenters. The average Bonchev–Trinajstić information content (AvgIpc) is 3.16. The highest BCUT2D eigenvalue weighted by Gasteiger charge is 2.41. The molecule has 192 valence electrons. The minimum atomic E-state index is -1.08. The van der Waals surface area contributed by atoms with Crippen molar-refractivity contribution in [3.05, 3.63) is 71.3 Å². The van der Waals surface area contributed by atoms with Crippen LogP contribution in [0.15, 0.2) is 65.7 Å². The summed E-state index contributed by atoms with van der Waals surface area (Å²) >= 11 is 0. The number of nitrogens with zero attached hydrogens (tertiary/aromatic N) is 4. The van der Waals surface area contributed by atoms with E-state index in [1.54, 1.807) is 23.0 Å². The van der Waals surface area contributed by atoms with Gasteiger partial charge in [0.25, 0.3) is 5.56 Å². The van der Waals surface area contributed by atoms with Gasteiger partial charge in [-0.05, 0) is 38.5 Å². The number of benzene rings is 1. The fraction of sp³-hybridized carbons (Fsp3) is 0.333. The lowest BCUT2D eigenvalue weighted by Gasteiger charge is -2.21. The molecule has 1 aromatic carbocycles. The first kappa shape index (κ1) is 24.8. The van der Waals surface area contributed by atoms with Crippen LogP contribution in [-0.2, 0) is 0 Å². The maximum Gasteiger partial charge on any atom is 0.252 e. The number of aliphatic hydroxyl groups excluding tert-OH is 3. The lowest BCUT2D eigenvalue weighted by Crippen LogP contribution is -2.35. The third kappa shape index (κ3) is 5.04. The summed E-state index contributed by atoms with van der Waals surface area (Å²) in [5.74, 6) is 0.216. The molecule has 1 aliphatic rings. The van der Waals surface area contributed by atoms with Crippen molar-refractivity contribution in [3.63, 3.8) is 0 Å².